The molecule has 2 saturated carbocycles. The molecule has 0 radical (unpaired) electrons. The van der Waals surface area contributed by atoms with Crippen LogP contribution in [-0.4, -0.2) is 43.3 Å². The summed E-state index contributed by atoms with van der Waals surface area (Å²) in [5, 5.41) is 0. The Hall–Kier alpha value is -0.120. The van der Waals surface area contributed by atoms with Crippen molar-refractivity contribution < 1.29 is 4.74 Å². The zero-order valence-corrected chi connectivity index (χ0v) is 8.69. The van der Waals surface area contributed by atoms with E-state index < -0.39 is 0 Å². The fourth-order valence-corrected chi connectivity index (χ4v) is 3.32. The average molecular weight is 196 g/mol. The molecule has 3 fully saturated rings. The summed E-state index contributed by atoms with van der Waals surface area (Å²) >= 11 is 0. The minimum Gasteiger partial charge on any atom is -0.379 e. The van der Waals surface area contributed by atoms with Crippen molar-refractivity contribution >= 4 is 0 Å². The van der Waals surface area contributed by atoms with Crippen LogP contribution in [0.4, 0.5) is 0 Å². The molecular formula is C11H20N2O. The van der Waals surface area contributed by atoms with E-state index in [9.17, 15) is 0 Å². The van der Waals surface area contributed by atoms with Crippen LogP contribution < -0.4 is 5.73 Å². The largest absolute Gasteiger partial charge is 0.379 e. The van der Waals surface area contributed by atoms with Crippen LogP contribution in [0.1, 0.15) is 19.3 Å². The van der Waals surface area contributed by atoms with E-state index in [1.165, 1.54) is 19.3 Å². The maximum atomic E-state index is 6.07. The molecule has 3 aliphatic rings. The van der Waals surface area contributed by atoms with Gasteiger partial charge in [-0.05, 0) is 31.1 Å². The van der Waals surface area contributed by atoms with Gasteiger partial charge in [0.25, 0.3) is 0 Å². The van der Waals surface area contributed by atoms with Crippen LogP contribution in [0.15, 0.2) is 0 Å². The first-order chi connectivity index (χ1) is 6.86. The molecule has 2 N–H and O–H groups in total. The molecule has 4 atom stereocenters. The van der Waals surface area contributed by atoms with Crippen molar-refractivity contribution in [3.63, 3.8) is 0 Å². The Kier molecular flexibility index (Phi) is 2.26. The maximum Gasteiger partial charge on any atom is 0.0594 e. The van der Waals surface area contributed by atoms with Crippen LogP contribution in [0.5, 0.6) is 0 Å². The lowest BCUT2D eigenvalue weighted by atomic mass is 9.90. The number of fused-ring (bicyclic) bond motifs is 1. The van der Waals surface area contributed by atoms with Gasteiger partial charge in [0.15, 0.2) is 0 Å². The van der Waals surface area contributed by atoms with E-state index in [-0.39, 0.29) is 0 Å². The highest BCUT2D eigenvalue weighted by Crippen LogP contribution is 2.50. The molecule has 0 spiro atoms. The van der Waals surface area contributed by atoms with Crippen LogP contribution in [0.25, 0.3) is 0 Å². The number of ether oxygens (including phenoxy) is 1. The van der Waals surface area contributed by atoms with Gasteiger partial charge in [0.05, 0.1) is 13.2 Å². The van der Waals surface area contributed by atoms with E-state index in [0.717, 1.165) is 44.2 Å². The summed E-state index contributed by atoms with van der Waals surface area (Å²) in [5.74, 6) is 1.79. The molecule has 1 aliphatic heterocycles. The van der Waals surface area contributed by atoms with Gasteiger partial charge in [0.2, 0.25) is 0 Å². The molecule has 0 bridgehead atoms. The van der Waals surface area contributed by atoms with Gasteiger partial charge in [-0.2, -0.15) is 0 Å². The summed E-state index contributed by atoms with van der Waals surface area (Å²) < 4.78 is 5.39. The zero-order chi connectivity index (χ0) is 9.54. The molecule has 3 heteroatoms. The summed E-state index contributed by atoms with van der Waals surface area (Å²) in [6.45, 7) is 4.14. The van der Waals surface area contributed by atoms with Gasteiger partial charge in [0.1, 0.15) is 0 Å². The molecule has 1 heterocycles. The van der Waals surface area contributed by atoms with E-state index in [4.69, 9.17) is 10.5 Å². The average Bonchev–Trinajstić information content (AvgIpc) is 3.00. The van der Waals surface area contributed by atoms with Gasteiger partial charge in [0, 0.05) is 25.2 Å². The molecule has 0 aromatic rings. The summed E-state index contributed by atoms with van der Waals surface area (Å²) in [4.78, 5) is 2.64. The monoisotopic (exact) mass is 196 g/mol. The van der Waals surface area contributed by atoms with E-state index in [0.29, 0.717) is 6.04 Å². The van der Waals surface area contributed by atoms with Crippen molar-refractivity contribution in [1.82, 2.24) is 4.90 Å². The minimum absolute atomic E-state index is 0.511. The van der Waals surface area contributed by atoms with Crippen LogP contribution >= 0.6 is 0 Å². The van der Waals surface area contributed by atoms with Gasteiger partial charge in [-0.3, -0.25) is 4.90 Å². The number of rotatable bonds is 1. The third-order valence-electron chi connectivity index (χ3n) is 4.25. The number of morpholine rings is 1. The summed E-state index contributed by atoms with van der Waals surface area (Å²) in [7, 11) is 0. The van der Waals surface area contributed by atoms with Crippen molar-refractivity contribution in [2.24, 2.45) is 17.6 Å². The highest BCUT2D eigenvalue weighted by atomic mass is 16.5. The molecule has 3 nitrogen and oxygen atoms in total. The first-order valence-corrected chi connectivity index (χ1v) is 5.93. The van der Waals surface area contributed by atoms with Crippen molar-refractivity contribution in [2.45, 2.75) is 31.3 Å². The standard InChI is InChI=1S/C11H20N2O/c12-10-1-2-11(9-7-8(9)10)13-3-5-14-6-4-13/h8-11H,1-7,12H2/t8-,9+,10?,11?/m0/s1. The summed E-state index contributed by atoms with van der Waals surface area (Å²) in [6, 6.07) is 1.35. The Bertz CT molecular complexity index is 215. The Morgan fingerprint density at radius 1 is 1.07 bits per heavy atom. The van der Waals surface area contributed by atoms with Crippen molar-refractivity contribution in [2.75, 3.05) is 26.3 Å². The van der Waals surface area contributed by atoms with Crippen LogP contribution in [0.3, 0.4) is 0 Å². The number of nitrogens with two attached hydrogens (primary N) is 1. The molecule has 3 rings (SSSR count). The highest BCUT2D eigenvalue weighted by molar-refractivity contribution is 5.04. The Labute approximate surface area is 85.6 Å². The second-order valence-corrected chi connectivity index (χ2v) is 5.02. The van der Waals surface area contributed by atoms with Gasteiger partial charge < -0.3 is 10.5 Å². The van der Waals surface area contributed by atoms with Crippen LogP contribution in [-0.2, 0) is 4.74 Å². The zero-order valence-electron chi connectivity index (χ0n) is 8.69. The van der Waals surface area contributed by atoms with Crippen LogP contribution in [0.2, 0.25) is 0 Å². The van der Waals surface area contributed by atoms with Crippen molar-refractivity contribution in [3.05, 3.63) is 0 Å². The lowest BCUT2D eigenvalue weighted by Gasteiger charge is -2.37. The van der Waals surface area contributed by atoms with E-state index in [1.807, 2.05) is 0 Å². The molecule has 14 heavy (non-hydrogen) atoms. The normalized spacial score (nSPS) is 48.6. The quantitative estimate of drug-likeness (QED) is 0.661. The van der Waals surface area contributed by atoms with Crippen molar-refractivity contribution in [3.8, 4) is 0 Å². The summed E-state index contributed by atoms with van der Waals surface area (Å²) in [6.07, 6.45) is 3.95. The summed E-state index contributed by atoms with van der Waals surface area (Å²) in [5.41, 5.74) is 6.07. The predicted molar refractivity (Wildman–Crippen MR) is 55.0 cm³/mol. The second-order valence-electron chi connectivity index (χ2n) is 5.02. The van der Waals surface area contributed by atoms with Gasteiger partial charge >= 0.3 is 0 Å². The molecule has 2 aliphatic carbocycles. The molecule has 2 unspecified atom stereocenters. The number of hydrogen-bond acceptors (Lipinski definition) is 3. The van der Waals surface area contributed by atoms with Gasteiger partial charge in [-0.15, -0.1) is 0 Å². The Morgan fingerprint density at radius 3 is 2.64 bits per heavy atom. The van der Waals surface area contributed by atoms with E-state index in [2.05, 4.69) is 4.90 Å². The molecule has 0 aromatic heterocycles. The van der Waals surface area contributed by atoms with Gasteiger partial charge in [-0.25, -0.2) is 0 Å². The third-order valence-corrected chi connectivity index (χ3v) is 4.25. The lowest BCUT2D eigenvalue weighted by Crippen LogP contribution is -2.47. The molecule has 0 amide bonds. The SMILES string of the molecule is NC1CCC(N2CCOCC2)[C@@H]2C[C@H]12. The topological polar surface area (TPSA) is 38.5 Å². The molecule has 80 valence electrons. The maximum absolute atomic E-state index is 6.07. The predicted octanol–water partition coefficient (Wildman–Crippen LogP) is 0.444. The fourth-order valence-electron chi connectivity index (χ4n) is 3.32. The molecular weight excluding hydrogens is 176 g/mol. The first kappa shape index (κ1) is 9.13. The van der Waals surface area contributed by atoms with Gasteiger partial charge in [-0.1, -0.05) is 0 Å². The minimum atomic E-state index is 0.511. The highest BCUT2D eigenvalue weighted by Gasteiger charge is 2.50. The fraction of sp³-hybridized carbons (Fsp3) is 1.00. The Balaban J connectivity index is 1.62. The third kappa shape index (κ3) is 1.47. The smallest absolute Gasteiger partial charge is 0.0594 e. The van der Waals surface area contributed by atoms with E-state index in [1.54, 1.807) is 0 Å². The molecule has 0 aromatic carbocycles. The Morgan fingerprint density at radius 2 is 1.86 bits per heavy atom. The van der Waals surface area contributed by atoms with Crippen LogP contribution in [0, 0.1) is 11.8 Å². The molecule has 1 saturated heterocycles. The number of hydrogen-bond donors (Lipinski definition) is 1. The first-order valence-electron chi connectivity index (χ1n) is 5.93. The van der Waals surface area contributed by atoms with E-state index >= 15 is 0 Å². The lowest BCUT2D eigenvalue weighted by molar-refractivity contribution is 0.00367. The number of nitrogens with zero attached hydrogens (tertiary/aromatic N) is 1. The van der Waals surface area contributed by atoms with Crippen molar-refractivity contribution in [1.29, 1.82) is 0 Å². The second kappa shape index (κ2) is 3.47.